The van der Waals surface area contributed by atoms with E-state index in [0.717, 1.165) is 0 Å². The summed E-state index contributed by atoms with van der Waals surface area (Å²) in [6.07, 6.45) is 0. The fourth-order valence-corrected chi connectivity index (χ4v) is 0.848. The highest BCUT2D eigenvalue weighted by molar-refractivity contribution is 5.23. The topological polar surface area (TPSA) is 40.5 Å². The molecule has 0 aliphatic heterocycles. The summed E-state index contributed by atoms with van der Waals surface area (Å²) in [5.74, 6) is -0.440. The minimum absolute atomic E-state index is 0.132. The van der Waals surface area contributed by atoms with Crippen molar-refractivity contribution in [1.29, 1.82) is 0 Å². The Kier molecular flexibility index (Phi) is 2.57. The molecule has 0 unspecified atom stereocenters. The van der Waals surface area contributed by atoms with Crippen molar-refractivity contribution in [3.63, 3.8) is 0 Å². The Morgan fingerprint density at radius 1 is 1.18 bits per heavy atom. The molecule has 1 rings (SSSR count). The van der Waals surface area contributed by atoms with Crippen molar-refractivity contribution >= 4 is 0 Å². The molecule has 0 aromatic heterocycles. The zero-order valence-electron chi connectivity index (χ0n) is 5.92. The van der Waals surface area contributed by atoms with Crippen LogP contribution in [0.25, 0.3) is 0 Å². The number of aliphatic hydroxyl groups is 2. The van der Waals surface area contributed by atoms with Crippen molar-refractivity contribution in [2.24, 2.45) is 0 Å². The summed E-state index contributed by atoms with van der Waals surface area (Å²) in [6.45, 7) is -0.465. The van der Waals surface area contributed by atoms with Crippen molar-refractivity contribution in [1.82, 2.24) is 0 Å². The van der Waals surface area contributed by atoms with E-state index in [0.29, 0.717) is 5.56 Å². The third kappa shape index (κ3) is 1.76. The highest BCUT2D eigenvalue weighted by atomic mass is 19.1. The second-order valence-corrected chi connectivity index (χ2v) is 2.24. The average molecular weight is 156 g/mol. The van der Waals surface area contributed by atoms with Gasteiger partial charge in [0.25, 0.3) is 0 Å². The van der Waals surface area contributed by atoms with Gasteiger partial charge in [-0.25, -0.2) is 4.39 Å². The van der Waals surface area contributed by atoms with Gasteiger partial charge in [0.05, 0.1) is 13.2 Å². The second kappa shape index (κ2) is 3.46. The summed E-state index contributed by atoms with van der Waals surface area (Å²) in [5.41, 5.74) is 0.826. The molecule has 0 amide bonds. The average Bonchev–Trinajstić information content (AvgIpc) is 2.05. The van der Waals surface area contributed by atoms with Crippen LogP contribution in [0.1, 0.15) is 11.1 Å². The normalized spacial score (nSPS) is 10.1. The molecule has 0 saturated heterocycles. The van der Waals surface area contributed by atoms with Crippen LogP contribution in [0.3, 0.4) is 0 Å². The maximum Gasteiger partial charge on any atom is 0.128 e. The smallest absolute Gasteiger partial charge is 0.128 e. The maximum absolute atomic E-state index is 12.7. The molecule has 0 atom stereocenters. The molecule has 0 spiro atoms. The fourth-order valence-electron chi connectivity index (χ4n) is 0.848. The van der Waals surface area contributed by atoms with E-state index < -0.39 is 5.82 Å². The number of aliphatic hydroxyl groups excluding tert-OH is 2. The molecule has 0 aliphatic rings. The first-order valence-electron chi connectivity index (χ1n) is 3.27. The second-order valence-electron chi connectivity index (χ2n) is 2.24. The van der Waals surface area contributed by atoms with Crippen LogP contribution in [0.15, 0.2) is 18.2 Å². The summed E-state index contributed by atoms with van der Waals surface area (Å²) < 4.78 is 12.7. The molecule has 0 aliphatic carbocycles. The first kappa shape index (κ1) is 8.17. The van der Waals surface area contributed by atoms with Gasteiger partial charge in [-0.15, -0.1) is 0 Å². The van der Waals surface area contributed by atoms with Gasteiger partial charge in [-0.2, -0.15) is 0 Å². The van der Waals surface area contributed by atoms with E-state index in [1.165, 1.54) is 18.2 Å². The molecule has 1 aromatic rings. The van der Waals surface area contributed by atoms with E-state index in [-0.39, 0.29) is 18.8 Å². The van der Waals surface area contributed by atoms with Gasteiger partial charge in [0, 0.05) is 5.56 Å². The standard InChI is InChI=1S/C8H9FO2/c9-8-2-1-6(4-10)3-7(8)5-11/h1-3,10-11H,4-5H2. The van der Waals surface area contributed by atoms with E-state index in [2.05, 4.69) is 0 Å². The maximum atomic E-state index is 12.7. The van der Waals surface area contributed by atoms with Crippen LogP contribution in [0.4, 0.5) is 4.39 Å². The first-order valence-corrected chi connectivity index (χ1v) is 3.27. The molecule has 60 valence electrons. The summed E-state index contributed by atoms with van der Waals surface area (Å²) in [5, 5.41) is 17.3. The SMILES string of the molecule is OCc1ccc(F)c(CO)c1. The minimum atomic E-state index is -0.440. The van der Waals surface area contributed by atoms with E-state index in [9.17, 15) is 4.39 Å². The van der Waals surface area contributed by atoms with Gasteiger partial charge < -0.3 is 10.2 Å². The lowest BCUT2D eigenvalue weighted by Gasteiger charge is -2.00. The van der Waals surface area contributed by atoms with Crippen molar-refractivity contribution in [2.75, 3.05) is 0 Å². The van der Waals surface area contributed by atoms with Crippen molar-refractivity contribution < 1.29 is 14.6 Å². The van der Waals surface area contributed by atoms with Gasteiger partial charge in [-0.3, -0.25) is 0 Å². The van der Waals surface area contributed by atoms with Crippen molar-refractivity contribution in [3.8, 4) is 0 Å². The number of hydrogen-bond acceptors (Lipinski definition) is 2. The molecule has 3 heteroatoms. The lowest BCUT2D eigenvalue weighted by molar-refractivity contribution is 0.271. The highest BCUT2D eigenvalue weighted by Gasteiger charge is 2.00. The van der Waals surface area contributed by atoms with E-state index in [1.807, 2.05) is 0 Å². The fraction of sp³-hybridized carbons (Fsp3) is 0.250. The number of benzene rings is 1. The monoisotopic (exact) mass is 156 g/mol. The van der Waals surface area contributed by atoms with Crippen LogP contribution >= 0.6 is 0 Å². The van der Waals surface area contributed by atoms with Gasteiger partial charge in [-0.05, 0) is 17.7 Å². The predicted molar refractivity (Wildman–Crippen MR) is 38.2 cm³/mol. The minimum Gasteiger partial charge on any atom is -0.392 e. The van der Waals surface area contributed by atoms with Crippen LogP contribution in [0, 0.1) is 5.82 Å². The van der Waals surface area contributed by atoms with Crippen LogP contribution in [-0.2, 0) is 13.2 Å². The van der Waals surface area contributed by atoms with Crippen LogP contribution in [0.5, 0.6) is 0 Å². The Bertz CT molecular complexity index is 248. The Labute approximate surface area is 63.9 Å². The summed E-state index contributed by atoms with van der Waals surface area (Å²) >= 11 is 0. The third-order valence-corrected chi connectivity index (χ3v) is 1.46. The Hall–Kier alpha value is -0.930. The van der Waals surface area contributed by atoms with Crippen molar-refractivity contribution in [3.05, 3.63) is 35.1 Å². The number of halogens is 1. The molecule has 2 N–H and O–H groups in total. The lowest BCUT2D eigenvalue weighted by atomic mass is 10.1. The lowest BCUT2D eigenvalue weighted by Crippen LogP contribution is -1.92. The van der Waals surface area contributed by atoms with Gasteiger partial charge in [0.15, 0.2) is 0 Å². The molecule has 11 heavy (non-hydrogen) atoms. The summed E-state index contributed by atoms with van der Waals surface area (Å²) in [6, 6.07) is 4.15. The van der Waals surface area contributed by atoms with Crippen LogP contribution < -0.4 is 0 Å². The van der Waals surface area contributed by atoms with Crippen LogP contribution in [-0.4, -0.2) is 10.2 Å². The molecule has 2 nitrogen and oxygen atoms in total. The predicted octanol–water partition coefficient (Wildman–Crippen LogP) is 0.810. The molecule has 0 saturated carbocycles. The van der Waals surface area contributed by atoms with Gasteiger partial charge in [-0.1, -0.05) is 6.07 Å². The Morgan fingerprint density at radius 3 is 2.45 bits per heavy atom. The Morgan fingerprint density at radius 2 is 1.91 bits per heavy atom. The molecule has 1 aromatic carbocycles. The van der Waals surface area contributed by atoms with Gasteiger partial charge in [0.2, 0.25) is 0 Å². The zero-order chi connectivity index (χ0) is 8.27. The number of hydrogen-bond donors (Lipinski definition) is 2. The van der Waals surface area contributed by atoms with E-state index in [4.69, 9.17) is 10.2 Å². The largest absolute Gasteiger partial charge is 0.392 e. The third-order valence-electron chi connectivity index (χ3n) is 1.46. The Balaban J connectivity index is 3.02. The van der Waals surface area contributed by atoms with Gasteiger partial charge in [0.1, 0.15) is 5.82 Å². The first-order chi connectivity index (χ1) is 5.27. The van der Waals surface area contributed by atoms with Crippen molar-refractivity contribution in [2.45, 2.75) is 13.2 Å². The molecular formula is C8H9FO2. The molecule has 0 bridgehead atoms. The quantitative estimate of drug-likeness (QED) is 0.665. The molecule has 0 fully saturated rings. The molecule has 0 radical (unpaired) electrons. The summed E-state index contributed by atoms with van der Waals surface area (Å²) in [4.78, 5) is 0. The van der Waals surface area contributed by atoms with E-state index >= 15 is 0 Å². The zero-order valence-corrected chi connectivity index (χ0v) is 5.92. The highest BCUT2D eigenvalue weighted by Crippen LogP contribution is 2.09. The van der Waals surface area contributed by atoms with E-state index in [1.54, 1.807) is 0 Å². The molecule has 0 heterocycles. The number of rotatable bonds is 2. The van der Waals surface area contributed by atoms with Crippen LogP contribution in [0.2, 0.25) is 0 Å². The van der Waals surface area contributed by atoms with Gasteiger partial charge >= 0.3 is 0 Å². The summed E-state index contributed by atoms with van der Waals surface area (Å²) in [7, 11) is 0. The molecular weight excluding hydrogens is 147 g/mol.